The van der Waals surface area contributed by atoms with Gasteiger partial charge in [-0.05, 0) is 43.6 Å². The molecule has 2 aliphatic rings. The Hall–Kier alpha value is -0.500. The number of allylic oxidation sites excluding steroid dienone is 1. The van der Waals surface area contributed by atoms with E-state index < -0.39 is 0 Å². The van der Waals surface area contributed by atoms with Crippen molar-refractivity contribution in [2.45, 2.75) is 58.1 Å². The highest BCUT2D eigenvalue weighted by atomic mass is 16.5. The van der Waals surface area contributed by atoms with E-state index in [9.17, 15) is 0 Å². The van der Waals surface area contributed by atoms with Gasteiger partial charge in [-0.15, -0.1) is 0 Å². The molecule has 0 bridgehead atoms. The summed E-state index contributed by atoms with van der Waals surface area (Å²) in [6, 6.07) is 0.717. The third-order valence-electron chi connectivity index (χ3n) is 3.63. The lowest BCUT2D eigenvalue weighted by molar-refractivity contribution is 0.119. The number of nitrogens with one attached hydrogen (secondary N) is 1. The molecule has 0 aromatic heterocycles. The molecule has 1 N–H and O–H groups in total. The zero-order valence-corrected chi connectivity index (χ0v) is 9.96. The minimum absolute atomic E-state index is 0.402. The van der Waals surface area contributed by atoms with E-state index in [-0.39, 0.29) is 0 Å². The first-order valence-electron chi connectivity index (χ1n) is 6.20. The van der Waals surface area contributed by atoms with E-state index in [4.69, 9.17) is 4.74 Å². The van der Waals surface area contributed by atoms with Crippen molar-refractivity contribution in [3.05, 3.63) is 12.3 Å². The van der Waals surface area contributed by atoms with E-state index in [2.05, 4.69) is 25.2 Å². The molecule has 0 aromatic carbocycles. The summed E-state index contributed by atoms with van der Waals surface area (Å²) < 4.78 is 5.55. The molecule has 0 aromatic rings. The zero-order valence-electron chi connectivity index (χ0n) is 9.96. The van der Waals surface area contributed by atoms with Crippen LogP contribution in [-0.2, 0) is 4.74 Å². The van der Waals surface area contributed by atoms with Crippen LogP contribution in [0.2, 0.25) is 0 Å². The molecule has 1 aliphatic heterocycles. The Bertz CT molecular complexity index is 235. The van der Waals surface area contributed by atoms with E-state index in [0.29, 0.717) is 11.5 Å². The first kappa shape index (κ1) is 11.0. The van der Waals surface area contributed by atoms with Gasteiger partial charge in [0.05, 0.1) is 6.26 Å². The van der Waals surface area contributed by atoms with Gasteiger partial charge in [-0.1, -0.05) is 13.8 Å². The molecule has 15 heavy (non-hydrogen) atoms. The van der Waals surface area contributed by atoms with E-state index in [1.807, 2.05) is 6.26 Å². The van der Waals surface area contributed by atoms with Crippen LogP contribution in [0.3, 0.4) is 0 Å². The van der Waals surface area contributed by atoms with E-state index in [1.165, 1.54) is 32.1 Å². The number of ether oxygens (including phenoxy) is 1. The van der Waals surface area contributed by atoms with Gasteiger partial charge in [0.1, 0.15) is 6.10 Å². The third-order valence-corrected chi connectivity index (χ3v) is 3.63. The van der Waals surface area contributed by atoms with Crippen LogP contribution in [0.25, 0.3) is 0 Å². The van der Waals surface area contributed by atoms with Crippen LogP contribution in [-0.4, -0.2) is 18.7 Å². The summed E-state index contributed by atoms with van der Waals surface area (Å²) in [5.41, 5.74) is 0.547. The van der Waals surface area contributed by atoms with Crippen molar-refractivity contribution in [3.8, 4) is 0 Å². The molecule has 2 atom stereocenters. The van der Waals surface area contributed by atoms with Crippen molar-refractivity contribution >= 4 is 0 Å². The van der Waals surface area contributed by atoms with Gasteiger partial charge in [0.15, 0.2) is 0 Å². The van der Waals surface area contributed by atoms with E-state index in [0.717, 1.165) is 12.6 Å². The summed E-state index contributed by atoms with van der Waals surface area (Å²) in [5, 5.41) is 3.65. The Morgan fingerprint density at radius 3 is 2.87 bits per heavy atom. The van der Waals surface area contributed by atoms with Crippen LogP contribution < -0.4 is 5.32 Å². The van der Waals surface area contributed by atoms with Crippen LogP contribution in [0, 0.1) is 5.41 Å². The molecular formula is C13H23NO. The van der Waals surface area contributed by atoms with Crippen LogP contribution in [0.4, 0.5) is 0 Å². The Morgan fingerprint density at radius 1 is 1.40 bits per heavy atom. The average molecular weight is 209 g/mol. The number of rotatable bonds is 3. The summed E-state index contributed by atoms with van der Waals surface area (Å²) in [7, 11) is 0. The fourth-order valence-electron chi connectivity index (χ4n) is 2.64. The Morgan fingerprint density at radius 2 is 2.27 bits per heavy atom. The fourth-order valence-corrected chi connectivity index (χ4v) is 2.64. The second-order valence-corrected chi connectivity index (χ2v) is 5.72. The molecule has 0 radical (unpaired) electrons. The third kappa shape index (κ3) is 3.23. The Labute approximate surface area is 93.1 Å². The predicted octanol–water partition coefficient (Wildman–Crippen LogP) is 2.85. The van der Waals surface area contributed by atoms with E-state index >= 15 is 0 Å². The number of hydrogen-bond donors (Lipinski definition) is 1. The topological polar surface area (TPSA) is 21.3 Å². The van der Waals surface area contributed by atoms with Crippen molar-refractivity contribution in [2.75, 3.05) is 6.54 Å². The molecule has 0 amide bonds. The van der Waals surface area contributed by atoms with Gasteiger partial charge in [-0.3, -0.25) is 0 Å². The quantitative estimate of drug-likeness (QED) is 0.771. The predicted molar refractivity (Wildman–Crippen MR) is 62.7 cm³/mol. The number of hydrogen-bond acceptors (Lipinski definition) is 2. The fraction of sp³-hybridized carbons (Fsp3) is 0.846. The SMILES string of the molecule is CC1(C)CCC(NCC2CCC=CO2)C1. The monoisotopic (exact) mass is 209 g/mol. The maximum atomic E-state index is 5.55. The summed E-state index contributed by atoms with van der Waals surface area (Å²) in [5.74, 6) is 0. The van der Waals surface area contributed by atoms with Gasteiger partial charge in [0, 0.05) is 12.6 Å². The molecule has 0 saturated heterocycles. The zero-order chi connectivity index (χ0) is 10.7. The normalized spacial score (nSPS) is 34.0. The second-order valence-electron chi connectivity index (χ2n) is 5.72. The van der Waals surface area contributed by atoms with Crippen molar-refractivity contribution in [1.82, 2.24) is 5.32 Å². The van der Waals surface area contributed by atoms with Crippen LogP contribution in [0.1, 0.15) is 46.0 Å². The van der Waals surface area contributed by atoms with Crippen molar-refractivity contribution in [2.24, 2.45) is 5.41 Å². The summed E-state index contributed by atoms with van der Waals surface area (Å²) in [6.07, 6.45) is 10.7. The highest BCUT2D eigenvalue weighted by Crippen LogP contribution is 2.36. The maximum absolute atomic E-state index is 5.55. The molecule has 2 heteroatoms. The highest BCUT2D eigenvalue weighted by Gasteiger charge is 2.30. The summed E-state index contributed by atoms with van der Waals surface area (Å²) >= 11 is 0. The second kappa shape index (κ2) is 4.56. The van der Waals surface area contributed by atoms with Crippen molar-refractivity contribution in [1.29, 1.82) is 0 Å². The standard InChI is InChI=1S/C13H23NO/c1-13(2)7-6-11(9-13)14-10-12-5-3-4-8-15-12/h4,8,11-12,14H,3,5-7,9-10H2,1-2H3. The van der Waals surface area contributed by atoms with Gasteiger partial charge in [-0.2, -0.15) is 0 Å². The lowest BCUT2D eigenvalue weighted by atomic mass is 9.92. The Balaban J connectivity index is 1.68. The lowest BCUT2D eigenvalue weighted by Crippen LogP contribution is -2.35. The van der Waals surface area contributed by atoms with Gasteiger partial charge < -0.3 is 10.1 Å². The van der Waals surface area contributed by atoms with Gasteiger partial charge in [0.25, 0.3) is 0 Å². The van der Waals surface area contributed by atoms with Gasteiger partial charge in [0.2, 0.25) is 0 Å². The van der Waals surface area contributed by atoms with Crippen molar-refractivity contribution in [3.63, 3.8) is 0 Å². The molecule has 2 rings (SSSR count). The smallest absolute Gasteiger partial charge is 0.110 e. The highest BCUT2D eigenvalue weighted by molar-refractivity contribution is 4.88. The molecular weight excluding hydrogens is 186 g/mol. The first-order chi connectivity index (χ1) is 7.16. The molecule has 1 saturated carbocycles. The van der Waals surface area contributed by atoms with Crippen molar-refractivity contribution < 1.29 is 4.74 Å². The molecule has 1 fully saturated rings. The molecule has 0 spiro atoms. The largest absolute Gasteiger partial charge is 0.497 e. The minimum atomic E-state index is 0.402. The van der Waals surface area contributed by atoms with Crippen LogP contribution in [0.5, 0.6) is 0 Å². The van der Waals surface area contributed by atoms with Crippen LogP contribution >= 0.6 is 0 Å². The first-order valence-corrected chi connectivity index (χ1v) is 6.20. The molecule has 86 valence electrons. The molecule has 2 nitrogen and oxygen atoms in total. The molecule has 1 heterocycles. The molecule has 2 unspecified atom stereocenters. The van der Waals surface area contributed by atoms with Gasteiger partial charge in [-0.25, -0.2) is 0 Å². The average Bonchev–Trinajstić information content (AvgIpc) is 2.57. The Kier molecular flexibility index (Phi) is 3.35. The van der Waals surface area contributed by atoms with Gasteiger partial charge >= 0.3 is 0 Å². The molecule has 1 aliphatic carbocycles. The van der Waals surface area contributed by atoms with Crippen LogP contribution in [0.15, 0.2) is 12.3 Å². The maximum Gasteiger partial charge on any atom is 0.110 e. The summed E-state index contributed by atoms with van der Waals surface area (Å²) in [4.78, 5) is 0. The summed E-state index contributed by atoms with van der Waals surface area (Å²) in [6.45, 7) is 5.76. The minimum Gasteiger partial charge on any atom is -0.497 e. The van der Waals surface area contributed by atoms with E-state index in [1.54, 1.807) is 0 Å². The lowest BCUT2D eigenvalue weighted by Gasteiger charge is -2.23.